The molecule has 0 aliphatic heterocycles. The quantitative estimate of drug-likeness (QED) is 0.651. The highest BCUT2D eigenvalue weighted by atomic mass is 35.5. The van der Waals surface area contributed by atoms with Crippen LogP contribution in [0, 0.1) is 6.92 Å². The van der Waals surface area contributed by atoms with E-state index >= 15 is 0 Å². The summed E-state index contributed by atoms with van der Waals surface area (Å²) in [5.74, 6) is 0.683. The summed E-state index contributed by atoms with van der Waals surface area (Å²) in [4.78, 5) is 12.4. The summed E-state index contributed by atoms with van der Waals surface area (Å²) in [5.41, 5.74) is 2.16. The number of ether oxygens (including phenoxy) is 1. The highest BCUT2D eigenvalue weighted by molar-refractivity contribution is 6.33. The lowest BCUT2D eigenvalue weighted by Gasteiger charge is -2.10. The van der Waals surface area contributed by atoms with Crippen LogP contribution in [0.15, 0.2) is 51.7 Å². The van der Waals surface area contributed by atoms with Crippen molar-refractivity contribution in [2.75, 3.05) is 6.61 Å². The summed E-state index contributed by atoms with van der Waals surface area (Å²) in [5, 5.41) is 1.40. The minimum atomic E-state index is -0.397. The molecule has 1 heterocycles. The van der Waals surface area contributed by atoms with Crippen molar-refractivity contribution in [2.45, 2.75) is 13.8 Å². The zero-order chi connectivity index (χ0) is 15.7. The van der Waals surface area contributed by atoms with Gasteiger partial charge in [0, 0.05) is 22.0 Å². The molecule has 0 aliphatic rings. The van der Waals surface area contributed by atoms with E-state index in [1.165, 1.54) is 0 Å². The van der Waals surface area contributed by atoms with Crippen molar-refractivity contribution >= 4 is 22.6 Å². The molecule has 0 aliphatic carbocycles. The lowest BCUT2D eigenvalue weighted by Crippen LogP contribution is -2.06. The molecule has 3 rings (SSSR count). The molecular formula is C18H15ClO3. The summed E-state index contributed by atoms with van der Waals surface area (Å²) >= 11 is 6.22. The summed E-state index contributed by atoms with van der Waals surface area (Å²) in [6.45, 7) is 4.37. The van der Waals surface area contributed by atoms with Gasteiger partial charge in [0.15, 0.2) is 0 Å². The maximum Gasteiger partial charge on any atom is 0.344 e. The normalized spacial score (nSPS) is 10.9. The molecule has 0 fully saturated rings. The Kier molecular flexibility index (Phi) is 3.90. The van der Waals surface area contributed by atoms with Crippen LogP contribution in [-0.2, 0) is 0 Å². The fraction of sp³-hybridized carbons (Fsp3) is 0.167. The van der Waals surface area contributed by atoms with Crippen molar-refractivity contribution in [1.29, 1.82) is 0 Å². The molecule has 0 amide bonds. The van der Waals surface area contributed by atoms with Crippen molar-refractivity contribution in [3.63, 3.8) is 0 Å². The minimum Gasteiger partial charge on any atom is -0.494 e. The Morgan fingerprint density at radius 3 is 2.68 bits per heavy atom. The molecule has 0 saturated carbocycles. The monoisotopic (exact) mass is 314 g/mol. The van der Waals surface area contributed by atoms with Gasteiger partial charge in [-0.2, -0.15) is 0 Å². The number of halogens is 1. The van der Waals surface area contributed by atoms with E-state index in [-0.39, 0.29) is 0 Å². The molecule has 112 valence electrons. The number of benzene rings is 2. The van der Waals surface area contributed by atoms with E-state index < -0.39 is 5.63 Å². The van der Waals surface area contributed by atoms with Crippen LogP contribution in [0.3, 0.4) is 0 Å². The lowest BCUT2D eigenvalue weighted by molar-refractivity contribution is 0.340. The molecular weight excluding hydrogens is 300 g/mol. The molecule has 0 bridgehead atoms. The Bertz CT molecular complexity index is 896. The van der Waals surface area contributed by atoms with E-state index in [1.54, 1.807) is 12.1 Å². The molecule has 0 atom stereocenters. The van der Waals surface area contributed by atoms with Crippen LogP contribution in [0.1, 0.15) is 12.5 Å². The predicted octanol–water partition coefficient (Wildman–Crippen LogP) is 4.82. The second kappa shape index (κ2) is 5.85. The average Bonchev–Trinajstić information content (AvgIpc) is 2.49. The molecule has 0 N–H and O–H groups in total. The Labute approximate surface area is 133 Å². The minimum absolute atomic E-state index is 0.397. The molecule has 0 spiro atoms. The van der Waals surface area contributed by atoms with Crippen LogP contribution in [0.4, 0.5) is 0 Å². The van der Waals surface area contributed by atoms with E-state index in [4.69, 9.17) is 20.8 Å². The number of hydrogen-bond donors (Lipinski definition) is 0. The maximum absolute atomic E-state index is 12.4. The Hall–Kier alpha value is -2.26. The number of rotatable bonds is 3. The van der Waals surface area contributed by atoms with Gasteiger partial charge in [-0.3, -0.25) is 0 Å². The summed E-state index contributed by atoms with van der Waals surface area (Å²) in [7, 11) is 0. The van der Waals surface area contributed by atoms with E-state index in [2.05, 4.69) is 0 Å². The molecule has 0 radical (unpaired) electrons. The highest BCUT2D eigenvalue weighted by Crippen LogP contribution is 2.32. The molecule has 3 nitrogen and oxygen atoms in total. The Balaban J connectivity index is 2.28. The molecule has 4 heteroatoms. The molecule has 3 aromatic rings. The number of fused-ring (bicyclic) bond motifs is 1. The van der Waals surface area contributed by atoms with E-state index in [9.17, 15) is 4.79 Å². The standard InChI is InChI=1S/C18H15ClO3/c1-3-21-12-8-9-13-11(2)17(18(20)22-16(13)10-12)14-6-4-5-7-15(14)19/h4-10H,3H2,1-2H3. The topological polar surface area (TPSA) is 39.4 Å². The summed E-state index contributed by atoms with van der Waals surface area (Å²) in [6, 6.07) is 12.8. The van der Waals surface area contributed by atoms with Crippen LogP contribution >= 0.6 is 11.6 Å². The molecule has 2 aromatic carbocycles. The fourth-order valence-electron chi connectivity index (χ4n) is 2.57. The summed E-state index contributed by atoms with van der Waals surface area (Å²) < 4.78 is 10.9. The van der Waals surface area contributed by atoms with Gasteiger partial charge >= 0.3 is 5.63 Å². The second-order valence-electron chi connectivity index (χ2n) is 4.96. The zero-order valence-corrected chi connectivity index (χ0v) is 13.1. The van der Waals surface area contributed by atoms with E-state index in [0.717, 1.165) is 10.9 Å². The smallest absolute Gasteiger partial charge is 0.344 e. The van der Waals surface area contributed by atoms with Crippen molar-refractivity contribution in [2.24, 2.45) is 0 Å². The van der Waals surface area contributed by atoms with Crippen LogP contribution in [-0.4, -0.2) is 6.61 Å². The zero-order valence-electron chi connectivity index (χ0n) is 12.4. The lowest BCUT2D eigenvalue weighted by atomic mass is 9.99. The van der Waals surface area contributed by atoms with Crippen molar-refractivity contribution in [3.05, 3.63) is 63.5 Å². The van der Waals surface area contributed by atoms with Gasteiger partial charge in [-0.1, -0.05) is 29.8 Å². The van der Waals surface area contributed by atoms with Gasteiger partial charge in [0.1, 0.15) is 11.3 Å². The van der Waals surface area contributed by atoms with Gasteiger partial charge in [-0.15, -0.1) is 0 Å². The first kappa shape index (κ1) is 14.7. The predicted molar refractivity (Wildman–Crippen MR) is 88.8 cm³/mol. The van der Waals surface area contributed by atoms with Gasteiger partial charge in [0.2, 0.25) is 0 Å². The molecule has 0 saturated heterocycles. The first-order valence-electron chi connectivity index (χ1n) is 7.07. The van der Waals surface area contributed by atoms with Crippen LogP contribution in [0.25, 0.3) is 22.1 Å². The summed E-state index contributed by atoms with van der Waals surface area (Å²) in [6.07, 6.45) is 0. The fourth-order valence-corrected chi connectivity index (χ4v) is 2.80. The Morgan fingerprint density at radius 2 is 1.95 bits per heavy atom. The van der Waals surface area contributed by atoms with E-state index in [0.29, 0.717) is 34.1 Å². The Morgan fingerprint density at radius 1 is 1.18 bits per heavy atom. The third-order valence-electron chi connectivity index (χ3n) is 3.59. The van der Waals surface area contributed by atoms with Crippen molar-refractivity contribution in [1.82, 2.24) is 0 Å². The first-order chi connectivity index (χ1) is 10.6. The maximum atomic E-state index is 12.4. The van der Waals surface area contributed by atoms with Crippen molar-refractivity contribution in [3.8, 4) is 16.9 Å². The van der Waals surface area contributed by atoms with Crippen LogP contribution in [0.2, 0.25) is 5.02 Å². The first-order valence-corrected chi connectivity index (χ1v) is 7.44. The van der Waals surface area contributed by atoms with E-state index in [1.807, 2.05) is 44.2 Å². The largest absolute Gasteiger partial charge is 0.494 e. The number of aryl methyl sites for hydroxylation is 1. The van der Waals surface area contributed by atoms with Crippen LogP contribution in [0.5, 0.6) is 5.75 Å². The third kappa shape index (κ3) is 2.48. The van der Waals surface area contributed by atoms with Gasteiger partial charge in [0.25, 0.3) is 0 Å². The molecule has 0 unspecified atom stereocenters. The second-order valence-corrected chi connectivity index (χ2v) is 5.37. The van der Waals surface area contributed by atoms with Crippen LogP contribution < -0.4 is 10.4 Å². The highest BCUT2D eigenvalue weighted by Gasteiger charge is 2.15. The molecule has 22 heavy (non-hydrogen) atoms. The average molecular weight is 315 g/mol. The van der Waals surface area contributed by atoms with Crippen molar-refractivity contribution < 1.29 is 9.15 Å². The third-order valence-corrected chi connectivity index (χ3v) is 3.92. The van der Waals surface area contributed by atoms with Gasteiger partial charge in [-0.25, -0.2) is 4.79 Å². The van der Waals surface area contributed by atoms with Gasteiger partial charge in [-0.05, 0) is 37.6 Å². The number of hydrogen-bond acceptors (Lipinski definition) is 3. The van der Waals surface area contributed by atoms with Gasteiger partial charge < -0.3 is 9.15 Å². The molecule has 1 aromatic heterocycles. The van der Waals surface area contributed by atoms with Gasteiger partial charge in [0.05, 0.1) is 12.2 Å². The SMILES string of the molecule is CCOc1ccc2c(C)c(-c3ccccc3Cl)c(=O)oc2c1.